The van der Waals surface area contributed by atoms with E-state index in [4.69, 9.17) is 4.74 Å². The Balaban J connectivity index is 3.68. The fourth-order valence-corrected chi connectivity index (χ4v) is 1.26. The van der Waals surface area contributed by atoms with E-state index < -0.39 is 5.60 Å². The van der Waals surface area contributed by atoms with Crippen LogP contribution >= 0.6 is 0 Å². The van der Waals surface area contributed by atoms with Gasteiger partial charge in [0, 0.05) is 26.3 Å². The Hall–Kier alpha value is -0.120. The van der Waals surface area contributed by atoms with E-state index in [0.29, 0.717) is 12.6 Å². The maximum atomic E-state index is 10.0. The largest absolute Gasteiger partial charge is 0.389 e. The zero-order valence-corrected chi connectivity index (χ0v) is 9.97. The van der Waals surface area contributed by atoms with E-state index in [1.165, 1.54) is 0 Å². The average molecular weight is 203 g/mol. The number of hydrogen-bond donors (Lipinski definition) is 2. The lowest BCUT2D eigenvalue weighted by atomic mass is 9.97. The molecule has 0 aliphatic heterocycles. The van der Waals surface area contributed by atoms with Crippen molar-refractivity contribution in [3.63, 3.8) is 0 Å². The molecule has 86 valence electrons. The first-order chi connectivity index (χ1) is 6.58. The second-order valence-corrected chi connectivity index (χ2v) is 3.99. The summed E-state index contributed by atoms with van der Waals surface area (Å²) < 4.78 is 4.99. The van der Waals surface area contributed by atoms with Gasteiger partial charge in [-0.2, -0.15) is 0 Å². The van der Waals surface area contributed by atoms with Crippen LogP contribution in [-0.2, 0) is 4.74 Å². The van der Waals surface area contributed by atoms with Crippen LogP contribution in [0.2, 0.25) is 0 Å². The van der Waals surface area contributed by atoms with Crippen molar-refractivity contribution < 1.29 is 9.84 Å². The fourth-order valence-electron chi connectivity index (χ4n) is 1.26. The first-order valence-electron chi connectivity index (χ1n) is 5.52. The van der Waals surface area contributed by atoms with Gasteiger partial charge in [0.25, 0.3) is 0 Å². The Morgan fingerprint density at radius 1 is 1.36 bits per heavy atom. The van der Waals surface area contributed by atoms with E-state index in [-0.39, 0.29) is 0 Å². The van der Waals surface area contributed by atoms with E-state index >= 15 is 0 Å². The summed E-state index contributed by atoms with van der Waals surface area (Å²) in [5.41, 5.74) is -0.540. The highest BCUT2D eigenvalue weighted by Crippen LogP contribution is 2.13. The van der Waals surface area contributed by atoms with Crippen molar-refractivity contribution in [3.8, 4) is 0 Å². The predicted molar refractivity (Wildman–Crippen MR) is 59.5 cm³/mol. The SMILES string of the molecule is CCC(O)(CC)CNC(C)CCOC. The zero-order valence-electron chi connectivity index (χ0n) is 9.97. The third kappa shape index (κ3) is 5.58. The Kier molecular flexibility index (Phi) is 7.15. The van der Waals surface area contributed by atoms with Crippen molar-refractivity contribution in [2.75, 3.05) is 20.3 Å². The van der Waals surface area contributed by atoms with Gasteiger partial charge in [-0.05, 0) is 26.2 Å². The molecule has 0 spiro atoms. The van der Waals surface area contributed by atoms with Crippen molar-refractivity contribution >= 4 is 0 Å². The van der Waals surface area contributed by atoms with Gasteiger partial charge in [-0.15, -0.1) is 0 Å². The summed E-state index contributed by atoms with van der Waals surface area (Å²) in [4.78, 5) is 0. The molecule has 0 saturated heterocycles. The molecule has 1 unspecified atom stereocenters. The molecule has 0 rings (SSSR count). The van der Waals surface area contributed by atoms with Crippen LogP contribution in [0.15, 0.2) is 0 Å². The number of hydrogen-bond acceptors (Lipinski definition) is 3. The lowest BCUT2D eigenvalue weighted by molar-refractivity contribution is 0.0293. The second-order valence-electron chi connectivity index (χ2n) is 3.99. The number of ether oxygens (including phenoxy) is 1. The smallest absolute Gasteiger partial charge is 0.0766 e. The van der Waals surface area contributed by atoms with Gasteiger partial charge >= 0.3 is 0 Å². The minimum absolute atomic E-state index is 0.402. The van der Waals surface area contributed by atoms with E-state index in [1.807, 2.05) is 13.8 Å². The molecule has 0 aromatic rings. The topological polar surface area (TPSA) is 41.5 Å². The zero-order chi connectivity index (χ0) is 11.0. The summed E-state index contributed by atoms with van der Waals surface area (Å²) in [6.07, 6.45) is 2.58. The molecule has 2 N–H and O–H groups in total. The molecule has 1 atom stereocenters. The standard InChI is InChI=1S/C11H25NO2/c1-5-11(13,6-2)9-12-10(3)7-8-14-4/h10,12-13H,5-9H2,1-4H3. The first-order valence-corrected chi connectivity index (χ1v) is 5.52. The fraction of sp³-hybridized carbons (Fsp3) is 1.00. The molecule has 3 heteroatoms. The van der Waals surface area contributed by atoms with Crippen LogP contribution in [0.1, 0.15) is 40.0 Å². The van der Waals surface area contributed by atoms with Crippen LogP contribution in [-0.4, -0.2) is 37.0 Å². The molecule has 0 radical (unpaired) electrons. The molecular formula is C11H25NO2. The van der Waals surface area contributed by atoms with Crippen LogP contribution in [0.5, 0.6) is 0 Å². The van der Waals surface area contributed by atoms with Gasteiger partial charge in [0.2, 0.25) is 0 Å². The average Bonchev–Trinajstić information content (AvgIpc) is 2.23. The molecule has 0 aromatic carbocycles. The van der Waals surface area contributed by atoms with Crippen LogP contribution in [0, 0.1) is 0 Å². The number of nitrogens with one attached hydrogen (secondary N) is 1. The monoisotopic (exact) mass is 203 g/mol. The summed E-state index contributed by atoms with van der Waals surface area (Å²) >= 11 is 0. The summed E-state index contributed by atoms with van der Waals surface area (Å²) in [5.74, 6) is 0. The Bertz CT molecular complexity index is 135. The van der Waals surface area contributed by atoms with Crippen molar-refractivity contribution in [3.05, 3.63) is 0 Å². The third-order valence-electron chi connectivity index (χ3n) is 2.85. The third-order valence-corrected chi connectivity index (χ3v) is 2.85. The highest BCUT2D eigenvalue weighted by molar-refractivity contribution is 4.79. The molecule has 0 aromatic heterocycles. The highest BCUT2D eigenvalue weighted by atomic mass is 16.5. The van der Waals surface area contributed by atoms with Gasteiger partial charge in [0.1, 0.15) is 0 Å². The second kappa shape index (κ2) is 7.21. The first kappa shape index (κ1) is 13.9. The summed E-state index contributed by atoms with van der Waals surface area (Å²) in [6, 6.07) is 0.402. The van der Waals surface area contributed by atoms with Gasteiger partial charge < -0.3 is 15.2 Å². The Labute approximate surface area is 87.8 Å². The number of rotatable bonds is 8. The predicted octanol–water partition coefficient (Wildman–Crippen LogP) is 1.55. The molecule has 0 bridgehead atoms. The minimum atomic E-state index is -0.540. The summed E-state index contributed by atoms with van der Waals surface area (Å²) in [7, 11) is 1.71. The Morgan fingerprint density at radius 2 is 1.93 bits per heavy atom. The van der Waals surface area contributed by atoms with E-state index in [0.717, 1.165) is 25.9 Å². The van der Waals surface area contributed by atoms with Gasteiger partial charge in [0.15, 0.2) is 0 Å². The van der Waals surface area contributed by atoms with Crippen molar-refractivity contribution in [2.45, 2.75) is 51.7 Å². The lowest BCUT2D eigenvalue weighted by Crippen LogP contribution is -2.43. The lowest BCUT2D eigenvalue weighted by Gasteiger charge is -2.27. The molecule has 0 heterocycles. The van der Waals surface area contributed by atoms with Crippen LogP contribution in [0.4, 0.5) is 0 Å². The van der Waals surface area contributed by atoms with Crippen molar-refractivity contribution in [2.24, 2.45) is 0 Å². The van der Waals surface area contributed by atoms with E-state index in [1.54, 1.807) is 7.11 Å². The summed E-state index contributed by atoms with van der Waals surface area (Å²) in [6.45, 7) is 7.59. The number of aliphatic hydroxyl groups is 1. The molecule has 0 aliphatic carbocycles. The van der Waals surface area contributed by atoms with E-state index in [2.05, 4.69) is 12.2 Å². The van der Waals surface area contributed by atoms with Crippen molar-refractivity contribution in [1.29, 1.82) is 0 Å². The van der Waals surface area contributed by atoms with Crippen LogP contribution in [0.25, 0.3) is 0 Å². The molecule has 0 amide bonds. The molecule has 0 aliphatic rings. The van der Waals surface area contributed by atoms with Crippen molar-refractivity contribution in [1.82, 2.24) is 5.32 Å². The van der Waals surface area contributed by atoms with E-state index in [9.17, 15) is 5.11 Å². The molecule has 0 fully saturated rings. The minimum Gasteiger partial charge on any atom is -0.389 e. The highest BCUT2D eigenvalue weighted by Gasteiger charge is 2.22. The molecule has 0 saturated carbocycles. The quantitative estimate of drug-likeness (QED) is 0.629. The maximum absolute atomic E-state index is 10.0. The van der Waals surface area contributed by atoms with Crippen LogP contribution < -0.4 is 5.32 Å². The number of methoxy groups -OCH3 is 1. The van der Waals surface area contributed by atoms with Gasteiger partial charge in [0.05, 0.1) is 5.60 Å². The molecule has 3 nitrogen and oxygen atoms in total. The van der Waals surface area contributed by atoms with Gasteiger partial charge in [-0.3, -0.25) is 0 Å². The molecular weight excluding hydrogens is 178 g/mol. The molecule has 14 heavy (non-hydrogen) atoms. The maximum Gasteiger partial charge on any atom is 0.0766 e. The Morgan fingerprint density at radius 3 is 2.36 bits per heavy atom. The summed E-state index contributed by atoms with van der Waals surface area (Å²) in [5, 5.41) is 13.3. The van der Waals surface area contributed by atoms with Gasteiger partial charge in [-0.25, -0.2) is 0 Å². The van der Waals surface area contributed by atoms with Gasteiger partial charge in [-0.1, -0.05) is 13.8 Å². The van der Waals surface area contributed by atoms with Crippen LogP contribution in [0.3, 0.4) is 0 Å². The normalized spacial score (nSPS) is 14.4.